The molecule has 2 aromatic heterocycles. The van der Waals surface area contributed by atoms with E-state index in [0.717, 1.165) is 42.9 Å². The van der Waals surface area contributed by atoms with Crippen LogP contribution >= 0.6 is 0 Å². The van der Waals surface area contributed by atoms with Gasteiger partial charge in [-0.1, -0.05) is 6.92 Å². The van der Waals surface area contributed by atoms with Gasteiger partial charge >= 0.3 is 0 Å². The van der Waals surface area contributed by atoms with Gasteiger partial charge in [0.2, 0.25) is 6.79 Å². The molecule has 1 atom stereocenters. The summed E-state index contributed by atoms with van der Waals surface area (Å²) in [4.78, 5) is 24.3. The Hall–Kier alpha value is -3.09. The number of amides is 1. The fourth-order valence-electron chi connectivity index (χ4n) is 4.10. The number of aromatic nitrogens is 3. The first kappa shape index (κ1) is 17.0. The largest absolute Gasteiger partial charge is 0.454 e. The smallest absolute Gasteiger partial charge is 0.254 e. The molecule has 1 amide bonds. The number of ether oxygens (including phenoxy) is 2. The number of nitrogens with zero attached hydrogens (tertiary/aromatic N) is 4. The van der Waals surface area contributed by atoms with E-state index in [0.29, 0.717) is 23.6 Å². The number of imidazole rings is 1. The molecule has 2 aliphatic heterocycles. The van der Waals surface area contributed by atoms with Crippen LogP contribution in [0, 0.1) is 0 Å². The van der Waals surface area contributed by atoms with E-state index in [2.05, 4.69) is 16.5 Å². The number of hydrogen-bond acceptors (Lipinski definition) is 5. The Labute approximate surface area is 162 Å². The molecule has 4 heterocycles. The second kappa shape index (κ2) is 6.82. The van der Waals surface area contributed by atoms with Crippen molar-refractivity contribution < 1.29 is 14.3 Å². The van der Waals surface area contributed by atoms with E-state index in [-0.39, 0.29) is 18.6 Å². The minimum atomic E-state index is 0.0251. The molecule has 3 aromatic rings. The first-order valence-corrected chi connectivity index (χ1v) is 9.74. The van der Waals surface area contributed by atoms with E-state index >= 15 is 0 Å². The Bertz CT molecular complexity index is 1050. The minimum absolute atomic E-state index is 0.0251. The molecule has 2 aliphatic rings. The molecule has 0 spiro atoms. The van der Waals surface area contributed by atoms with Crippen LogP contribution in [0.25, 0.3) is 11.2 Å². The lowest BCUT2D eigenvalue weighted by Gasteiger charge is -2.17. The Morgan fingerprint density at radius 3 is 3.04 bits per heavy atom. The van der Waals surface area contributed by atoms with E-state index in [1.165, 1.54) is 0 Å². The summed E-state index contributed by atoms with van der Waals surface area (Å²) >= 11 is 0. The molecule has 1 saturated heterocycles. The molecular weight excluding hydrogens is 356 g/mol. The molecular formula is C21H22N4O3. The van der Waals surface area contributed by atoms with Gasteiger partial charge in [0.15, 0.2) is 17.1 Å². The van der Waals surface area contributed by atoms with Gasteiger partial charge in [0.1, 0.15) is 11.3 Å². The van der Waals surface area contributed by atoms with Crippen LogP contribution in [0.2, 0.25) is 0 Å². The highest BCUT2D eigenvalue weighted by Crippen LogP contribution is 2.34. The van der Waals surface area contributed by atoms with Crippen molar-refractivity contribution in [1.29, 1.82) is 0 Å². The standard InChI is InChI=1S/C21H22N4O3/c1-2-9-25-19(23-16-4-3-8-22-20(16)25)15-7-10-24(12-15)21(26)14-5-6-17-18(11-14)28-13-27-17/h3-6,8,11,15H,2,7,9-10,12-13H2,1H3/t15-/m1/s1. The van der Waals surface area contributed by atoms with E-state index in [4.69, 9.17) is 14.5 Å². The van der Waals surface area contributed by atoms with Crippen LogP contribution in [0.4, 0.5) is 0 Å². The number of benzene rings is 1. The lowest BCUT2D eigenvalue weighted by atomic mass is 10.1. The number of pyridine rings is 1. The fourth-order valence-corrected chi connectivity index (χ4v) is 4.10. The number of rotatable bonds is 4. The van der Waals surface area contributed by atoms with Crippen molar-refractivity contribution in [2.24, 2.45) is 0 Å². The molecule has 7 heteroatoms. The summed E-state index contributed by atoms with van der Waals surface area (Å²) in [5.41, 5.74) is 2.49. The average molecular weight is 378 g/mol. The van der Waals surface area contributed by atoms with E-state index < -0.39 is 0 Å². The molecule has 0 aliphatic carbocycles. The molecule has 28 heavy (non-hydrogen) atoms. The van der Waals surface area contributed by atoms with Crippen molar-refractivity contribution in [2.45, 2.75) is 32.2 Å². The van der Waals surface area contributed by atoms with Crippen LogP contribution in [0.5, 0.6) is 11.5 Å². The highest BCUT2D eigenvalue weighted by Gasteiger charge is 2.32. The molecule has 5 rings (SSSR count). The Balaban J connectivity index is 1.39. The number of likely N-dealkylation sites (tertiary alicyclic amines) is 1. The molecule has 144 valence electrons. The van der Waals surface area contributed by atoms with Crippen LogP contribution in [0.1, 0.15) is 41.9 Å². The average Bonchev–Trinajstić information content (AvgIpc) is 3.45. The van der Waals surface area contributed by atoms with Crippen LogP contribution in [0.3, 0.4) is 0 Å². The van der Waals surface area contributed by atoms with Crippen LogP contribution in [0.15, 0.2) is 36.5 Å². The van der Waals surface area contributed by atoms with Gasteiger partial charge in [-0.15, -0.1) is 0 Å². The Morgan fingerprint density at radius 2 is 2.14 bits per heavy atom. The Morgan fingerprint density at radius 1 is 1.25 bits per heavy atom. The third-order valence-electron chi connectivity index (χ3n) is 5.44. The molecule has 0 unspecified atom stereocenters. The van der Waals surface area contributed by atoms with Crippen molar-refractivity contribution in [3.63, 3.8) is 0 Å². The van der Waals surface area contributed by atoms with Crippen LogP contribution in [-0.2, 0) is 6.54 Å². The number of carbonyl (C=O) groups is 1. The van der Waals surface area contributed by atoms with E-state index in [9.17, 15) is 4.79 Å². The normalized spacial score (nSPS) is 18.2. The lowest BCUT2D eigenvalue weighted by Crippen LogP contribution is -2.28. The summed E-state index contributed by atoms with van der Waals surface area (Å²) in [6, 6.07) is 9.30. The zero-order valence-electron chi connectivity index (χ0n) is 15.8. The maximum Gasteiger partial charge on any atom is 0.254 e. The van der Waals surface area contributed by atoms with Gasteiger partial charge in [-0.05, 0) is 43.2 Å². The molecule has 0 radical (unpaired) electrons. The maximum atomic E-state index is 13.0. The second-order valence-electron chi connectivity index (χ2n) is 7.27. The number of hydrogen-bond donors (Lipinski definition) is 0. The highest BCUT2D eigenvalue weighted by atomic mass is 16.7. The molecule has 0 saturated carbocycles. The van der Waals surface area contributed by atoms with Crippen molar-refractivity contribution in [3.05, 3.63) is 47.9 Å². The van der Waals surface area contributed by atoms with Crippen molar-refractivity contribution >= 4 is 17.1 Å². The molecule has 1 aromatic carbocycles. The van der Waals surface area contributed by atoms with Gasteiger partial charge in [0.25, 0.3) is 5.91 Å². The van der Waals surface area contributed by atoms with Crippen molar-refractivity contribution in [1.82, 2.24) is 19.4 Å². The SMILES string of the molecule is CCCn1c([C@@H]2CCN(C(=O)c3ccc4c(c3)OCO4)C2)nc2cccnc21. The molecule has 0 bridgehead atoms. The highest BCUT2D eigenvalue weighted by molar-refractivity contribution is 5.95. The monoisotopic (exact) mass is 378 g/mol. The van der Waals surface area contributed by atoms with Gasteiger partial charge in [-0.3, -0.25) is 4.79 Å². The van der Waals surface area contributed by atoms with Gasteiger partial charge in [-0.2, -0.15) is 0 Å². The van der Waals surface area contributed by atoms with Crippen LogP contribution in [-0.4, -0.2) is 45.2 Å². The quantitative estimate of drug-likeness (QED) is 0.697. The second-order valence-corrected chi connectivity index (χ2v) is 7.27. The first-order chi connectivity index (χ1) is 13.7. The topological polar surface area (TPSA) is 69.5 Å². The summed E-state index contributed by atoms with van der Waals surface area (Å²) in [5, 5.41) is 0. The Kier molecular flexibility index (Phi) is 4.15. The third-order valence-corrected chi connectivity index (χ3v) is 5.44. The summed E-state index contributed by atoms with van der Waals surface area (Å²) < 4.78 is 13.0. The summed E-state index contributed by atoms with van der Waals surface area (Å²) in [6.07, 6.45) is 3.73. The fraction of sp³-hybridized carbons (Fsp3) is 0.381. The number of fused-ring (bicyclic) bond motifs is 2. The molecule has 7 nitrogen and oxygen atoms in total. The van der Waals surface area contributed by atoms with Gasteiger partial charge in [0.05, 0.1) is 0 Å². The molecule has 0 N–H and O–H groups in total. The van der Waals surface area contributed by atoms with Gasteiger partial charge in [-0.25, -0.2) is 9.97 Å². The van der Waals surface area contributed by atoms with Gasteiger partial charge in [0, 0.05) is 37.3 Å². The predicted octanol–water partition coefficient (Wildman–Crippen LogP) is 3.20. The van der Waals surface area contributed by atoms with Crippen LogP contribution < -0.4 is 9.47 Å². The zero-order valence-corrected chi connectivity index (χ0v) is 15.8. The maximum absolute atomic E-state index is 13.0. The first-order valence-electron chi connectivity index (χ1n) is 9.74. The molecule has 1 fully saturated rings. The van der Waals surface area contributed by atoms with E-state index in [1.807, 2.05) is 23.2 Å². The van der Waals surface area contributed by atoms with Crippen molar-refractivity contribution in [2.75, 3.05) is 19.9 Å². The minimum Gasteiger partial charge on any atom is -0.454 e. The lowest BCUT2D eigenvalue weighted by molar-refractivity contribution is 0.0790. The summed E-state index contributed by atoms with van der Waals surface area (Å²) in [5.74, 6) is 2.61. The third kappa shape index (κ3) is 2.78. The predicted molar refractivity (Wildman–Crippen MR) is 104 cm³/mol. The van der Waals surface area contributed by atoms with Crippen molar-refractivity contribution in [3.8, 4) is 11.5 Å². The summed E-state index contributed by atoms with van der Waals surface area (Å²) in [7, 11) is 0. The zero-order chi connectivity index (χ0) is 19.1. The summed E-state index contributed by atoms with van der Waals surface area (Å²) in [6.45, 7) is 4.64. The van der Waals surface area contributed by atoms with E-state index in [1.54, 1.807) is 18.2 Å². The number of carbonyl (C=O) groups excluding carboxylic acids is 1. The number of aryl methyl sites for hydroxylation is 1. The van der Waals surface area contributed by atoms with Gasteiger partial charge < -0.3 is 18.9 Å².